The summed E-state index contributed by atoms with van der Waals surface area (Å²) in [6.45, 7) is 11.4. The van der Waals surface area contributed by atoms with Gasteiger partial charge in [0.1, 0.15) is 0 Å². The SMILES string of the molecule is C=C1CC2OC2(C)CC[C@@H]2[C@@H]1CC2(C)C. The molecule has 4 atom stereocenters. The van der Waals surface area contributed by atoms with E-state index in [9.17, 15) is 0 Å². The molecule has 1 heteroatoms. The third kappa shape index (κ3) is 1.32. The normalized spacial score (nSPS) is 51.9. The fourth-order valence-corrected chi connectivity index (χ4v) is 3.87. The van der Waals surface area contributed by atoms with Crippen LogP contribution in [-0.4, -0.2) is 11.7 Å². The Balaban J connectivity index is 1.80. The molecule has 0 radical (unpaired) electrons. The summed E-state index contributed by atoms with van der Waals surface area (Å²) >= 11 is 0. The van der Waals surface area contributed by atoms with Crippen LogP contribution in [0.2, 0.25) is 0 Å². The van der Waals surface area contributed by atoms with Crippen molar-refractivity contribution >= 4 is 0 Å². The number of fused-ring (bicyclic) bond motifs is 2. The van der Waals surface area contributed by atoms with Gasteiger partial charge in [-0.25, -0.2) is 0 Å². The first kappa shape index (κ1) is 9.89. The van der Waals surface area contributed by atoms with Crippen LogP contribution in [0.5, 0.6) is 0 Å². The molecule has 0 aromatic heterocycles. The molecule has 0 amide bonds. The smallest absolute Gasteiger partial charge is 0.0923 e. The van der Waals surface area contributed by atoms with E-state index < -0.39 is 0 Å². The Kier molecular flexibility index (Phi) is 1.77. The van der Waals surface area contributed by atoms with Crippen molar-refractivity contribution < 1.29 is 4.74 Å². The quantitative estimate of drug-likeness (QED) is 0.436. The van der Waals surface area contributed by atoms with Crippen LogP contribution in [0.15, 0.2) is 12.2 Å². The maximum atomic E-state index is 5.83. The highest BCUT2D eigenvalue weighted by Gasteiger charge is 2.57. The molecule has 3 aliphatic rings. The van der Waals surface area contributed by atoms with Crippen molar-refractivity contribution in [2.75, 3.05) is 0 Å². The highest BCUT2D eigenvalue weighted by atomic mass is 16.6. The lowest BCUT2D eigenvalue weighted by atomic mass is 9.51. The van der Waals surface area contributed by atoms with Crippen LogP contribution in [0.4, 0.5) is 0 Å². The van der Waals surface area contributed by atoms with E-state index in [2.05, 4.69) is 27.4 Å². The number of hydrogen-bond acceptors (Lipinski definition) is 1. The summed E-state index contributed by atoms with van der Waals surface area (Å²) in [5.41, 5.74) is 2.22. The summed E-state index contributed by atoms with van der Waals surface area (Å²) in [4.78, 5) is 0. The van der Waals surface area contributed by atoms with E-state index in [1.165, 1.54) is 24.8 Å². The van der Waals surface area contributed by atoms with Crippen LogP contribution in [0, 0.1) is 17.3 Å². The van der Waals surface area contributed by atoms with Gasteiger partial charge in [-0.05, 0) is 49.9 Å². The molecule has 0 aromatic rings. The molecule has 1 aliphatic heterocycles. The van der Waals surface area contributed by atoms with Crippen molar-refractivity contribution in [1.82, 2.24) is 0 Å². The standard InChI is InChI=1S/C14H22O/c1-9-7-12-14(4,15-12)6-5-11-10(9)8-13(11,2)3/h10-12H,1,5-8H2,2-4H3/t10-,11-,12?,14?/m1/s1. The molecule has 2 unspecified atom stereocenters. The van der Waals surface area contributed by atoms with Gasteiger partial charge < -0.3 is 4.74 Å². The van der Waals surface area contributed by atoms with E-state index >= 15 is 0 Å². The van der Waals surface area contributed by atoms with E-state index in [0.29, 0.717) is 11.5 Å². The number of rotatable bonds is 0. The third-order valence-corrected chi connectivity index (χ3v) is 5.19. The molecule has 2 saturated carbocycles. The monoisotopic (exact) mass is 206 g/mol. The first-order valence-electron chi connectivity index (χ1n) is 6.28. The molecule has 1 heterocycles. The predicted molar refractivity (Wildman–Crippen MR) is 61.6 cm³/mol. The van der Waals surface area contributed by atoms with E-state index in [-0.39, 0.29) is 5.60 Å². The average molecular weight is 206 g/mol. The van der Waals surface area contributed by atoms with Crippen LogP contribution in [0.25, 0.3) is 0 Å². The van der Waals surface area contributed by atoms with Gasteiger partial charge in [-0.3, -0.25) is 0 Å². The molecule has 0 bridgehead atoms. The molecule has 1 nitrogen and oxygen atoms in total. The average Bonchev–Trinajstić information content (AvgIpc) is 2.71. The highest BCUT2D eigenvalue weighted by molar-refractivity contribution is 5.19. The summed E-state index contributed by atoms with van der Waals surface area (Å²) in [5.74, 6) is 1.67. The largest absolute Gasteiger partial charge is 0.366 e. The van der Waals surface area contributed by atoms with Crippen LogP contribution in [0.3, 0.4) is 0 Å². The Hall–Kier alpha value is -0.300. The zero-order valence-electron chi connectivity index (χ0n) is 10.2. The maximum Gasteiger partial charge on any atom is 0.0923 e. The van der Waals surface area contributed by atoms with Gasteiger partial charge in [0.05, 0.1) is 11.7 Å². The molecular formula is C14H22O. The lowest BCUT2D eigenvalue weighted by Crippen LogP contribution is -2.46. The lowest BCUT2D eigenvalue weighted by molar-refractivity contribution is -0.00326. The second-order valence-corrected chi connectivity index (χ2v) is 6.73. The van der Waals surface area contributed by atoms with Gasteiger partial charge in [0.2, 0.25) is 0 Å². The van der Waals surface area contributed by atoms with Gasteiger partial charge in [0.25, 0.3) is 0 Å². The van der Waals surface area contributed by atoms with E-state index in [1.807, 2.05) is 0 Å². The number of epoxide rings is 1. The minimum Gasteiger partial charge on any atom is -0.366 e. The van der Waals surface area contributed by atoms with E-state index in [1.54, 1.807) is 0 Å². The van der Waals surface area contributed by atoms with Crippen molar-refractivity contribution in [3.63, 3.8) is 0 Å². The third-order valence-electron chi connectivity index (χ3n) is 5.19. The molecule has 1 saturated heterocycles. The Morgan fingerprint density at radius 2 is 2.07 bits per heavy atom. The minimum absolute atomic E-state index is 0.208. The van der Waals surface area contributed by atoms with Crippen molar-refractivity contribution in [2.24, 2.45) is 17.3 Å². The molecule has 0 spiro atoms. The first-order valence-corrected chi connectivity index (χ1v) is 6.28. The Bertz CT molecular complexity index is 317. The Morgan fingerprint density at radius 1 is 1.33 bits per heavy atom. The maximum absolute atomic E-state index is 5.83. The van der Waals surface area contributed by atoms with Crippen LogP contribution in [0.1, 0.15) is 46.5 Å². The molecule has 15 heavy (non-hydrogen) atoms. The van der Waals surface area contributed by atoms with Gasteiger partial charge in [-0.1, -0.05) is 26.0 Å². The van der Waals surface area contributed by atoms with E-state index in [0.717, 1.165) is 18.3 Å². The zero-order chi connectivity index (χ0) is 10.8. The van der Waals surface area contributed by atoms with Crippen LogP contribution < -0.4 is 0 Å². The lowest BCUT2D eigenvalue weighted by Gasteiger charge is -2.53. The van der Waals surface area contributed by atoms with Crippen LogP contribution >= 0.6 is 0 Å². The summed E-state index contributed by atoms with van der Waals surface area (Å²) in [6, 6.07) is 0. The summed E-state index contributed by atoms with van der Waals surface area (Å²) in [6.07, 6.45) is 5.56. The molecule has 0 N–H and O–H groups in total. The second-order valence-electron chi connectivity index (χ2n) is 6.73. The fourth-order valence-electron chi connectivity index (χ4n) is 3.87. The summed E-state index contributed by atoms with van der Waals surface area (Å²) in [5, 5.41) is 0. The van der Waals surface area contributed by atoms with Gasteiger partial charge >= 0.3 is 0 Å². The Morgan fingerprint density at radius 3 is 2.73 bits per heavy atom. The molecule has 2 aliphatic carbocycles. The van der Waals surface area contributed by atoms with Gasteiger partial charge in [0, 0.05) is 0 Å². The molecular weight excluding hydrogens is 184 g/mol. The van der Waals surface area contributed by atoms with Gasteiger partial charge in [0.15, 0.2) is 0 Å². The van der Waals surface area contributed by atoms with Crippen molar-refractivity contribution in [1.29, 1.82) is 0 Å². The van der Waals surface area contributed by atoms with Crippen molar-refractivity contribution in [3.05, 3.63) is 12.2 Å². The number of ether oxygens (including phenoxy) is 1. The minimum atomic E-state index is 0.208. The zero-order valence-corrected chi connectivity index (χ0v) is 10.2. The fraction of sp³-hybridized carbons (Fsp3) is 0.857. The Labute approximate surface area is 92.9 Å². The molecule has 0 aromatic carbocycles. The van der Waals surface area contributed by atoms with Gasteiger partial charge in [-0.2, -0.15) is 0 Å². The van der Waals surface area contributed by atoms with Crippen LogP contribution in [-0.2, 0) is 4.74 Å². The topological polar surface area (TPSA) is 12.5 Å². The van der Waals surface area contributed by atoms with Crippen molar-refractivity contribution in [2.45, 2.75) is 58.2 Å². The molecule has 3 fully saturated rings. The van der Waals surface area contributed by atoms with E-state index in [4.69, 9.17) is 4.74 Å². The first-order chi connectivity index (χ1) is 6.92. The summed E-state index contributed by atoms with van der Waals surface area (Å²) < 4.78 is 5.83. The van der Waals surface area contributed by atoms with Gasteiger partial charge in [-0.15, -0.1) is 0 Å². The predicted octanol–water partition coefficient (Wildman–Crippen LogP) is 3.55. The summed E-state index contributed by atoms with van der Waals surface area (Å²) in [7, 11) is 0. The highest BCUT2D eigenvalue weighted by Crippen LogP contribution is 2.60. The second kappa shape index (κ2) is 2.68. The molecule has 84 valence electrons. The molecule has 3 rings (SSSR count). The number of hydrogen-bond donors (Lipinski definition) is 0. The van der Waals surface area contributed by atoms with Crippen molar-refractivity contribution in [3.8, 4) is 0 Å².